The highest BCUT2D eigenvalue weighted by Crippen LogP contribution is 2.30. The lowest BCUT2D eigenvalue weighted by molar-refractivity contribution is -0.139. The van der Waals surface area contributed by atoms with Gasteiger partial charge in [-0.1, -0.05) is 30.3 Å². The van der Waals surface area contributed by atoms with Gasteiger partial charge in [0.15, 0.2) is 0 Å². The standard InChI is InChI=1S/C14H14ClNO4/c1-2-5-20-14(19)16-7-9-6-10(15)3-4-11(9)12(8-16)13(17)18/h2-4,6,12H,1,5,7-8H2,(H,17,18). The zero-order valence-corrected chi connectivity index (χ0v) is 11.5. The third kappa shape index (κ3) is 2.93. The Morgan fingerprint density at radius 3 is 2.95 bits per heavy atom. The van der Waals surface area contributed by atoms with Crippen LogP contribution in [0.25, 0.3) is 0 Å². The molecule has 1 unspecified atom stereocenters. The molecular weight excluding hydrogens is 282 g/mol. The summed E-state index contributed by atoms with van der Waals surface area (Å²) >= 11 is 5.92. The summed E-state index contributed by atoms with van der Waals surface area (Å²) in [6.07, 6.45) is 0.906. The lowest BCUT2D eigenvalue weighted by Gasteiger charge is -2.32. The first-order valence-electron chi connectivity index (χ1n) is 6.06. The van der Waals surface area contributed by atoms with E-state index in [2.05, 4.69) is 6.58 Å². The van der Waals surface area contributed by atoms with Gasteiger partial charge in [0, 0.05) is 18.1 Å². The van der Waals surface area contributed by atoms with E-state index in [-0.39, 0.29) is 19.7 Å². The quantitative estimate of drug-likeness (QED) is 0.871. The first-order chi connectivity index (χ1) is 9.52. The van der Waals surface area contributed by atoms with Gasteiger partial charge in [-0.3, -0.25) is 4.79 Å². The molecular formula is C14H14ClNO4. The summed E-state index contributed by atoms with van der Waals surface area (Å²) in [5, 5.41) is 9.81. The zero-order chi connectivity index (χ0) is 14.7. The molecule has 1 atom stereocenters. The second-order valence-electron chi connectivity index (χ2n) is 4.48. The maximum absolute atomic E-state index is 11.8. The number of carbonyl (C=O) groups excluding carboxylic acids is 1. The Morgan fingerprint density at radius 2 is 2.30 bits per heavy atom. The minimum atomic E-state index is -0.977. The Labute approximate surface area is 121 Å². The van der Waals surface area contributed by atoms with Gasteiger partial charge in [-0.15, -0.1) is 0 Å². The molecule has 6 heteroatoms. The van der Waals surface area contributed by atoms with Gasteiger partial charge in [0.25, 0.3) is 0 Å². The number of halogens is 1. The Kier molecular flexibility index (Phi) is 4.29. The fraction of sp³-hybridized carbons (Fsp3) is 0.286. The van der Waals surface area contributed by atoms with E-state index in [1.165, 1.54) is 11.0 Å². The van der Waals surface area contributed by atoms with Crippen LogP contribution in [-0.4, -0.2) is 35.2 Å². The molecule has 0 bridgehead atoms. The Morgan fingerprint density at radius 1 is 1.55 bits per heavy atom. The first kappa shape index (κ1) is 14.4. The molecule has 0 saturated carbocycles. The van der Waals surface area contributed by atoms with Crippen LogP contribution in [0.4, 0.5) is 4.79 Å². The summed E-state index contributed by atoms with van der Waals surface area (Å²) < 4.78 is 4.95. The number of hydrogen-bond acceptors (Lipinski definition) is 3. The number of hydrogen-bond donors (Lipinski definition) is 1. The van der Waals surface area contributed by atoms with Crippen LogP contribution in [0.3, 0.4) is 0 Å². The molecule has 0 fully saturated rings. The van der Waals surface area contributed by atoms with Crippen molar-refractivity contribution in [1.29, 1.82) is 0 Å². The van der Waals surface area contributed by atoms with E-state index in [9.17, 15) is 14.7 Å². The van der Waals surface area contributed by atoms with Crippen LogP contribution in [0.2, 0.25) is 5.02 Å². The monoisotopic (exact) mass is 295 g/mol. The first-order valence-corrected chi connectivity index (χ1v) is 6.44. The molecule has 0 aliphatic carbocycles. The summed E-state index contributed by atoms with van der Waals surface area (Å²) in [6.45, 7) is 3.92. The Balaban J connectivity index is 2.28. The van der Waals surface area contributed by atoms with Crippen molar-refractivity contribution in [2.45, 2.75) is 12.5 Å². The average Bonchev–Trinajstić information content (AvgIpc) is 2.42. The number of carboxylic acids is 1. The highest BCUT2D eigenvalue weighted by atomic mass is 35.5. The Bertz CT molecular complexity index is 558. The van der Waals surface area contributed by atoms with Gasteiger partial charge in [0.05, 0.1) is 5.92 Å². The highest BCUT2D eigenvalue weighted by molar-refractivity contribution is 6.30. The smallest absolute Gasteiger partial charge is 0.410 e. The maximum Gasteiger partial charge on any atom is 0.410 e. The van der Waals surface area contributed by atoms with Gasteiger partial charge >= 0.3 is 12.1 Å². The summed E-state index contributed by atoms with van der Waals surface area (Å²) in [6, 6.07) is 5.03. The summed E-state index contributed by atoms with van der Waals surface area (Å²) in [5.74, 6) is -1.75. The maximum atomic E-state index is 11.8. The van der Waals surface area contributed by atoms with Crippen LogP contribution in [0, 0.1) is 0 Å². The molecule has 106 valence electrons. The van der Waals surface area contributed by atoms with Crippen molar-refractivity contribution in [3.05, 3.63) is 47.0 Å². The molecule has 1 aromatic rings. The van der Waals surface area contributed by atoms with Crippen molar-refractivity contribution in [2.75, 3.05) is 13.2 Å². The summed E-state index contributed by atoms with van der Waals surface area (Å²) in [5.41, 5.74) is 1.42. The SMILES string of the molecule is C=CCOC(=O)N1Cc2cc(Cl)ccc2C(C(=O)O)C1. The van der Waals surface area contributed by atoms with Crippen LogP contribution in [0.1, 0.15) is 17.0 Å². The molecule has 1 aliphatic heterocycles. The van der Waals surface area contributed by atoms with E-state index in [4.69, 9.17) is 16.3 Å². The number of nitrogens with zero attached hydrogens (tertiary/aromatic N) is 1. The number of carbonyl (C=O) groups is 2. The van der Waals surface area contributed by atoms with Gasteiger partial charge in [-0.2, -0.15) is 0 Å². The largest absolute Gasteiger partial charge is 0.481 e. The topological polar surface area (TPSA) is 66.8 Å². The normalized spacial score (nSPS) is 17.2. The Hall–Kier alpha value is -2.01. The second kappa shape index (κ2) is 5.96. The number of benzene rings is 1. The van der Waals surface area contributed by atoms with E-state index < -0.39 is 18.0 Å². The van der Waals surface area contributed by atoms with E-state index >= 15 is 0 Å². The van der Waals surface area contributed by atoms with Crippen molar-refractivity contribution >= 4 is 23.7 Å². The van der Waals surface area contributed by atoms with Crippen molar-refractivity contribution in [1.82, 2.24) is 4.90 Å². The van der Waals surface area contributed by atoms with E-state index in [1.807, 2.05) is 0 Å². The molecule has 1 amide bonds. The molecule has 2 rings (SSSR count). The van der Waals surface area contributed by atoms with Gasteiger partial charge in [0.2, 0.25) is 0 Å². The number of amides is 1. The molecule has 0 aromatic heterocycles. The number of ether oxygens (including phenoxy) is 1. The molecule has 0 radical (unpaired) electrons. The molecule has 1 aromatic carbocycles. The van der Waals surface area contributed by atoms with Crippen molar-refractivity contribution < 1.29 is 19.4 Å². The lowest BCUT2D eigenvalue weighted by Crippen LogP contribution is -2.40. The fourth-order valence-electron chi connectivity index (χ4n) is 2.21. The van der Waals surface area contributed by atoms with Gasteiger partial charge < -0.3 is 14.7 Å². The number of aliphatic carboxylic acids is 1. The third-order valence-electron chi connectivity index (χ3n) is 3.13. The van der Waals surface area contributed by atoms with Crippen LogP contribution < -0.4 is 0 Å². The molecule has 1 N–H and O–H groups in total. The molecule has 0 spiro atoms. The van der Waals surface area contributed by atoms with Crippen LogP contribution in [0.15, 0.2) is 30.9 Å². The highest BCUT2D eigenvalue weighted by Gasteiger charge is 2.33. The van der Waals surface area contributed by atoms with Crippen LogP contribution >= 0.6 is 11.6 Å². The van der Waals surface area contributed by atoms with Gasteiger partial charge in [-0.05, 0) is 23.3 Å². The molecule has 20 heavy (non-hydrogen) atoms. The molecule has 1 heterocycles. The fourth-order valence-corrected chi connectivity index (χ4v) is 2.41. The van der Waals surface area contributed by atoms with Crippen molar-refractivity contribution in [3.8, 4) is 0 Å². The van der Waals surface area contributed by atoms with Crippen molar-refractivity contribution in [3.63, 3.8) is 0 Å². The average molecular weight is 296 g/mol. The van der Waals surface area contributed by atoms with Gasteiger partial charge in [-0.25, -0.2) is 4.79 Å². The predicted molar refractivity (Wildman–Crippen MR) is 73.8 cm³/mol. The summed E-state index contributed by atoms with van der Waals surface area (Å²) in [7, 11) is 0. The second-order valence-corrected chi connectivity index (χ2v) is 4.92. The van der Waals surface area contributed by atoms with E-state index in [0.29, 0.717) is 10.6 Å². The molecule has 5 nitrogen and oxygen atoms in total. The number of fused-ring (bicyclic) bond motifs is 1. The summed E-state index contributed by atoms with van der Waals surface area (Å²) in [4.78, 5) is 24.6. The number of rotatable bonds is 3. The van der Waals surface area contributed by atoms with Crippen LogP contribution in [-0.2, 0) is 16.1 Å². The van der Waals surface area contributed by atoms with Gasteiger partial charge in [0.1, 0.15) is 6.61 Å². The molecule has 0 saturated heterocycles. The number of carboxylic acid groups (broad SMARTS) is 1. The zero-order valence-electron chi connectivity index (χ0n) is 10.7. The minimum absolute atomic E-state index is 0.0833. The van der Waals surface area contributed by atoms with Crippen LogP contribution in [0.5, 0.6) is 0 Å². The lowest BCUT2D eigenvalue weighted by atomic mass is 9.90. The minimum Gasteiger partial charge on any atom is -0.481 e. The van der Waals surface area contributed by atoms with Crippen molar-refractivity contribution in [2.24, 2.45) is 0 Å². The van der Waals surface area contributed by atoms with E-state index in [0.717, 1.165) is 5.56 Å². The van der Waals surface area contributed by atoms with E-state index in [1.54, 1.807) is 18.2 Å². The molecule has 1 aliphatic rings. The third-order valence-corrected chi connectivity index (χ3v) is 3.36. The predicted octanol–water partition coefficient (Wildman–Crippen LogP) is 2.65.